The van der Waals surface area contributed by atoms with E-state index in [2.05, 4.69) is 15.3 Å². The third-order valence-electron chi connectivity index (χ3n) is 3.70. The number of carbonyl (C=O) groups excluding carboxylic acids is 1. The first-order chi connectivity index (χ1) is 11.6. The molecule has 3 rings (SSSR count). The number of aromatic nitrogens is 3. The third kappa shape index (κ3) is 3.12. The zero-order valence-corrected chi connectivity index (χ0v) is 13.8. The van der Waals surface area contributed by atoms with Crippen molar-refractivity contribution in [3.8, 4) is 11.7 Å². The Kier molecular flexibility index (Phi) is 4.29. The van der Waals surface area contributed by atoms with E-state index in [0.717, 1.165) is 5.69 Å². The van der Waals surface area contributed by atoms with Gasteiger partial charge in [0, 0.05) is 23.6 Å². The molecule has 1 aromatic carbocycles. The van der Waals surface area contributed by atoms with Crippen molar-refractivity contribution in [3.05, 3.63) is 65.7 Å². The number of rotatable bonds is 4. The van der Waals surface area contributed by atoms with Crippen LogP contribution in [0.3, 0.4) is 0 Å². The monoisotopic (exact) mass is 322 g/mol. The zero-order chi connectivity index (χ0) is 17.1. The highest BCUT2D eigenvalue weighted by Gasteiger charge is 2.13. The second kappa shape index (κ2) is 6.54. The molecule has 3 aromatic rings. The Labute approximate surface area is 140 Å². The summed E-state index contributed by atoms with van der Waals surface area (Å²) in [4.78, 5) is 20.9. The highest BCUT2D eigenvalue weighted by atomic mass is 16.5. The molecule has 0 saturated heterocycles. The van der Waals surface area contributed by atoms with Gasteiger partial charge in [0.2, 0.25) is 0 Å². The predicted octanol–water partition coefficient (Wildman–Crippen LogP) is 3.15. The van der Waals surface area contributed by atoms with Crippen molar-refractivity contribution in [2.24, 2.45) is 0 Å². The van der Waals surface area contributed by atoms with E-state index in [4.69, 9.17) is 4.74 Å². The van der Waals surface area contributed by atoms with Crippen LogP contribution < -0.4 is 10.1 Å². The van der Waals surface area contributed by atoms with E-state index < -0.39 is 0 Å². The maximum Gasteiger partial charge on any atom is 0.316 e. The van der Waals surface area contributed by atoms with E-state index in [1.807, 2.05) is 55.1 Å². The standard InChI is InChI=1S/C18H18N4O2/c1-12-16(13(2)20-18(19-12)24-3)21-17(23)14-6-8-15(9-7-14)22-10-4-5-11-22/h4-11H,1-3H3,(H,21,23). The number of nitrogens with zero attached hydrogens (tertiary/aromatic N) is 3. The Morgan fingerprint density at radius 1 is 1.04 bits per heavy atom. The fraction of sp³-hybridized carbons (Fsp3) is 0.167. The Hall–Kier alpha value is -3.15. The van der Waals surface area contributed by atoms with Crippen LogP contribution in [0.25, 0.3) is 5.69 Å². The summed E-state index contributed by atoms with van der Waals surface area (Å²) in [5.74, 6) is -0.200. The van der Waals surface area contributed by atoms with Gasteiger partial charge in [0.05, 0.1) is 24.2 Å². The van der Waals surface area contributed by atoms with Crippen LogP contribution in [0.4, 0.5) is 5.69 Å². The van der Waals surface area contributed by atoms with Gasteiger partial charge >= 0.3 is 6.01 Å². The molecule has 0 aliphatic heterocycles. The van der Waals surface area contributed by atoms with Crippen LogP contribution in [0, 0.1) is 13.8 Å². The predicted molar refractivity (Wildman–Crippen MR) is 91.8 cm³/mol. The van der Waals surface area contributed by atoms with Crippen LogP contribution >= 0.6 is 0 Å². The fourth-order valence-electron chi connectivity index (χ4n) is 2.44. The number of benzene rings is 1. The first-order valence-electron chi connectivity index (χ1n) is 7.52. The molecule has 2 aromatic heterocycles. The summed E-state index contributed by atoms with van der Waals surface area (Å²) >= 11 is 0. The van der Waals surface area contributed by atoms with Gasteiger partial charge in [-0.3, -0.25) is 4.79 Å². The highest BCUT2D eigenvalue weighted by Crippen LogP contribution is 2.20. The van der Waals surface area contributed by atoms with Crippen LogP contribution in [0.1, 0.15) is 21.7 Å². The van der Waals surface area contributed by atoms with Gasteiger partial charge in [-0.15, -0.1) is 0 Å². The summed E-state index contributed by atoms with van der Waals surface area (Å²) in [5, 5.41) is 2.87. The number of ether oxygens (including phenoxy) is 1. The molecule has 0 unspecified atom stereocenters. The maximum atomic E-state index is 12.5. The summed E-state index contributed by atoms with van der Waals surface area (Å²) in [6.07, 6.45) is 3.91. The number of amides is 1. The molecule has 0 spiro atoms. The summed E-state index contributed by atoms with van der Waals surface area (Å²) < 4.78 is 7.01. The number of anilines is 1. The molecule has 0 bridgehead atoms. The molecule has 0 aliphatic rings. The number of nitrogens with one attached hydrogen (secondary N) is 1. The smallest absolute Gasteiger partial charge is 0.316 e. The summed E-state index contributed by atoms with van der Waals surface area (Å²) in [6, 6.07) is 11.6. The summed E-state index contributed by atoms with van der Waals surface area (Å²) in [7, 11) is 1.51. The molecule has 6 nitrogen and oxygen atoms in total. The van der Waals surface area contributed by atoms with Crippen molar-refractivity contribution >= 4 is 11.6 Å². The van der Waals surface area contributed by atoms with Crippen molar-refractivity contribution < 1.29 is 9.53 Å². The van der Waals surface area contributed by atoms with E-state index in [1.54, 1.807) is 12.1 Å². The van der Waals surface area contributed by atoms with Crippen LogP contribution in [-0.4, -0.2) is 27.6 Å². The van der Waals surface area contributed by atoms with Gasteiger partial charge in [-0.2, -0.15) is 9.97 Å². The average Bonchev–Trinajstić information content (AvgIpc) is 3.12. The Morgan fingerprint density at radius 2 is 1.62 bits per heavy atom. The van der Waals surface area contributed by atoms with Crippen LogP contribution in [0.15, 0.2) is 48.8 Å². The normalized spacial score (nSPS) is 10.5. The van der Waals surface area contributed by atoms with Gasteiger partial charge < -0.3 is 14.6 Å². The van der Waals surface area contributed by atoms with E-state index in [9.17, 15) is 4.79 Å². The minimum Gasteiger partial charge on any atom is -0.467 e. The Balaban J connectivity index is 1.80. The highest BCUT2D eigenvalue weighted by molar-refractivity contribution is 6.04. The summed E-state index contributed by atoms with van der Waals surface area (Å²) in [6.45, 7) is 3.61. The number of hydrogen-bond donors (Lipinski definition) is 1. The van der Waals surface area contributed by atoms with Crippen LogP contribution in [0.2, 0.25) is 0 Å². The van der Waals surface area contributed by atoms with Gasteiger partial charge in [0.25, 0.3) is 5.91 Å². The lowest BCUT2D eigenvalue weighted by Gasteiger charge is -2.12. The van der Waals surface area contributed by atoms with Gasteiger partial charge in [-0.1, -0.05) is 0 Å². The first-order valence-corrected chi connectivity index (χ1v) is 7.52. The number of aryl methyl sites for hydroxylation is 2. The molecular weight excluding hydrogens is 304 g/mol. The maximum absolute atomic E-state index is 12.5. The minimum absolute atomic E-state index is 0.200. The average molecular weight is 322 g/mol. The van der Waals surface area contributed by atoms with Crippen molar-refractivity contribution in [2.45, 2.75) is 13.8 Å². The molecule has 122 valence electrons. The second-order valence-electron chi connectivity index (χ2n) is 5.35. The molecule has 24 heavy (non-hydrogen) atoms. The van der Waals surface area contributed by atoms with Gasteiger partial charge in [-0.05, 0) is 50.2 Å². The zero-order valence-electron chi connectivity index (χ0n) is 13.8. The van der Waals surface area contributed by atoms with Crippen LogP contribution in [0.5, 0.6) is 6.01 Å². The van der Waals surface area contributed by atoms with Crippen LogP contribution in [-0.2, 0) is 0 Å². The largest absolute Gasteiger partial charge is 0.467 e. The fourth-order valence-corrected chi connectivity index (χ4v) is 2.44. The lowest BCUT2D eigenvalue weighted by atomic mass is 10.2. The number of carbonyl (C=O) groups is 1. The molecule has 0 fully saturated rings. The van der Waals surface area contributed by atoms with Crippen molar-refractivity contribution in [1.82, 2.24) is 14.5 Å². The third-order valence-corrected chi connectivity index (χ3v) is 3.70. The Bertz CT molecular complexity index is 832. The second-order valence-corrected chi connectivity index (χ2v) is 5.35. The molecule has 6 heteroatoms. The molecule has 1 amide bonds. The van der Waals surface area contributed by atoms with Crippen molar-refractivity contribution in [3.63, 3.8) is 0 Å². The van der Waals surface area contributed by atoms with Crippen molar-refractivity contribution in [1.29, 1.82) is 0 Å². The first kappa shape index (κ1) is 15.7. The molecule has 0 atom stereocenters. The van der Waals surface area contributed by atoms with E-state index >= 15 is 0 Å². The van der Waals surface area contributed by atoms with Crippen molar-refractivity contribution in [2.75, 3.05) is 12.4 Å². The molecule has 2 heterocycles. The van der Waals surface area contributed by atoms with Gasteiger partial charge in [0.1, 0.15) is 0 Å². The van der Waals surface area contributed by atoms with E-state index in [0.29, 0.717) is 28.6 Å². The molecule has 0 aliphatic carbocycles. The Morgan fingerprint density at radius 3 is 2.17 bits per heavy atom. The lowest BCUT2D eigenvalue weighted by Crippen LogP contribution is -2.15. The van der Waals surface area contributed by atoms with E-state index in [1.165, 1.54) is 7.11 Å². The van der Waals surface area contributed by atoms with Gasteiger partial charge in [0.15, 0.2) is 0 Å². The molecule has 0 radical (unpaired) electrons. The number of hydrogen-bond acceptors (Lipinski definition) is 4. The SMILES string of the molecule is COc1nc(C)c(NC(=O)c2ccc(-n3cccc3)cc2)c(C)n1. The molecule has 0 saturated carbocycles. The topological polar surface area (TPSA) is 69.0 Å². The quantitative estimate of drug-likeness (QED) is 0.801. The molecular formula is C18H18N4O2. The lowest BCUT2D eigenvalue weighted by molar-refractivity contribution is 0.102. The minimum atomic E-state index is -0.200. The summed E-state index contributed by atoms with van der Waals surface area (Å²) in [5.41, 5.74) is 3.50. The van der Waals surface area contributed by atoms with E-state index in [-0.39, 0.29) is 5.91 Å². The van der Waals surface area contributed by atoms with Gasteiger partial charge in [-0.25, -0.2) is 0 Å². The number of methoxy groups -OCH3 is 1. The molecule has 1 N–H and O–H groups in total.